The molecule has 6 heteroatoms. The molecule has 18 heavy (non-hydrogen) atoms. The monoisotopic (exact) mass is 258 g/mol. The molecule has 1 fully saturated rings. The summed E-state index contributed by atoms with van der Waals surface area (Å²) >= 11 is 0. The molecule has 104 valence electrons. The molecule has 0 saturated carbocycles. The largest absolute Gasteiger partial charge is 0.464 e. The molecule has 2 atom stereocenters. The predicted octanol–water partition coefficient (Wildman–Crippen LogP) is -0.0478. The molecule has 1 amide bonds. The van der Waals surface area contributed by atoms with Crippen LogP contribution in [0.25, 0.3) is 0 Å². The van der Waals surface area contributed by atoms with Crippen molar-refractivity contribution in [2.75, 3.05) is 19.8 Å². The molecule has 1 heterocycles. The van der Waals surface area contributed by atoms with Gasteiger partial charge < -0.3 is 20.5 Å². The van der Waals surface area contributed by atoms with Gasteiger partial charge in [-0.15, -0.1) is 0 Å². The second-order valence-electron chi connectivity index (χ2n) is 4.30. The van der Waals surface area contributed by atoms with E-state index in [4.69, 9.17) is 10.5 Å². The number of nitrogens with two attached hydrogens (primary N) is 1. The molecule has 0 aliphatic carbocycles. The van der Waals surface area contributed by atoms with Crippen molar-refractivity contribution in [3.8, 4) is 0 Å². The fourth-order valence-electron chi connectivity index (χ4n) is 1.84. The SMILES string of the molecule is CCOC(=O)C(N)C(=O)NCCC1CCCCO1. The maximum Gasteiger partial charge on any atom is 0.332 e. The second kappa shape index (κ2) is 8.05. The van der Waals surface area contributed by atoms with Crippen LogP contribution in [0.4, 0.5) is 0 Å². The van der Waals surface area contributed by atoms with Crippen LogP contribution in [-0.4, -0.2) is 43.8 Å². The van der Waals surface area contributed by atoms with E-state index in [2.05, 4.69) is 10.1 Å². The Hall–Kier alpha value is -1.14. The second-order valence-corrected chi connectivity index (χ2v) is 4.30. The van der Waals surface area contributed by atoms with Gasteiger partial charge in [0.2, 0.25) is 5.91 Å². The maximum absolute atomic E-state index is 11.5. The van der Waals surface area contributed by atoms with Gasteiger partial charge in [-0.1, -0.05) is 0 Å². The van der Waals surface area contributed by atoms with Crippen LogP contribution in [0.2, 0.25) is 0 Å². The first kappa shape index (κ1) is 14.9. The Labute approximate surface area is 107 Å². The maximum atomic E-state index is 11.5. The fraction of sp³-hybridized carbons (Fsp3) is 0.833. The van der Waals surface area contributed by atoms with Crippen molar-refractivity contribution >= 4 is 11.9 Å². The molecule has 1 rings (SSSR count). The summed E-state index contributed by atoms with van der Waals surface area (Å²) in [6.07, 6.45) is 4.26. The summed E-state index contributed by atoms with van der Waals surface area (Å²) in [4.78, 5) is 22.7. The van der Waals surface area contributed by atoms with Gasteiger partial charge >= 0.3 is 5.97 Å². The zero-order valence-electron chi connectivity index (χ0n) is 10.8. The van der Waals surface area contributed by atoms with Gasteiger partial charge in [-0.2, -0.15) is 0 Å². The molecule has 1 saturated heterocycles. The molecule has 6 nitrogen and oxygen atoms in total. The predicted molar refractivity (Wildman–Crippen MR) is 65.8 cm³/mol. The minimum Gasteiger partial charge on any atom is -0.464 e. The van der Waals surface area contributed by atoms with Gasteiger partial charge in [0.1, 0.15) is 0 Å². The molecule has 1 aliphatic heterocycles. The summed E-state index contributed by atoms with van der Waals surface area (Å²) in [6, 6.07) is -1.24. The Morgan fingerprint density at radius 3 is 2.89 bits per heavy atom. The number of carbonyl (C=O) groups excluding carboxylic acids is 2. The number of rotatable bonds is 6. The highest BCUT2D eigenvalue weighted by atomic mass is 16.5. The highest BCUT2D eigenvalue weighted by molar-refractivity contribution is 6.01. The van der Waals surface area contributed by atoms with E-state index in [1.807, 2.05) is 0 Å². The molecule has 0 spiro atoms. The van der Waals surface area contributed by atoms with Crippen LogP contribution in [0.3, 0.4) is 0 Å². The summed E-state index contributed by atoms with van der Waals surface area (Å²) in [7, 11) is 0. The van der Waals surface area contributed by atoms with Gasteiger partial charge in [-0.05, 0) is 32.6 Å². The minimum atomic E-state index is -1.24. The van der Waals surface area contributed by atoms with Crippen LogP contribution in [-0.2, 0) is 19.1 Å². The van der Waals surface area contributed by atoms with E-state index < -0.39 is 17.9 Å². The first-order valence-electron chi connectivity index (χ1n) is 6.46. The van der Waals surface area contributed by atoms with Gasteiger partial charge in [-0.3, -0.25) is 4.79 Å². The Morgan fingerprint density at radius 2 is 2.28 bits per heavy atom. The molecule has 3 N–H and O–H groups in total. The molecule has 0 aromatic carbocycles. The first-order valence-corrected chi connectivity index (χ1v) is 6.46. The lowest BCUT2D eigenvalue weighted by Crippen LogP contribution is -2.47. The van der Waals surface area contributed by atoms with E-state index >= 15 is 0 Å². The van der Waals surface area contributed by atoms with Gasteiger partial charge in [0.25, 0.3) is 0 Å². The average molecular weight is 258 g/mol. The fourth-order valence-corrected chi connectivity index (χ4v) is 1.84. The third-order valence-electron chi connectivity index (χ3n) is 2.86. The third-order valence-corrected chi connectivity index (χ3v) is 2.86. The zero-order valence-corrected chi connectivity index (χ0v) is 10.8. The number of carbonyl (C=O) groups is 2. The zero-order chi connectivity index (χ0) is 13.4. The van der Waals surface area contributed by atoms with Crippen molar-refractivity contribution in [2.24, 2.45) is 5.73 Å². The summed E-state index contributed by atoms with van der Waals surface area (Å²) in [6.45, 7) is 3.15. The van der Waals surface area contributed by atoms with Crippen LogP contribution in [0.15, 0.2) is 0 Å². The number of amides is 1. The van der Waals surface area contributed by atoms with Gasteiger partial charge in [0.15, 0.2) is 6.04 Å². The molecule has 0 aromatic heterocycles. The van der Waals surface area contributed by atoms with E-state index in [0.717, 1.165) is 25.9 Å². The van der Waals surface area contributed by atoms with Crippen LogP contribution < -0.4 is 11.1 Å². The van der Waals surface area contributed by atoms with E-state index in [-0.39, 0.29) is 12.7 Å². The molecule has 0 aromatic rings. The minimum absolute atomic E-state index is 0.206. The topological polar surface area (TPSA) is 90.7 Å². The standard InChI is InChI=1S/C12H22N2O4/c1-2-17-12(16)10(13)11(15)14-7-6-9-5-3-4-8-18-9/h9-10H,2-8,13H2,1H3,(H,14,15). The lowest BCUT2D eigenvalue weighted by atomic mass is 10.1. The Bertz CT molecular complexity index is 277. The molecule has 2 unspecified atom stereocenters. The van der Waals surface area contributed by atoms with Gasteiger partial charge in [-0.25, -0.2) is 4.79 Å². The normalized spacial score (nSPS) is 21.1. The van der Waals surface area contributed by atoms with Gasteiger partial charge in [0.05, 0.1) is 12.7 Å². The van der Waals surface area contributed by atoms with Crippen LogP contribution in [0.5, 0.6) is 0 Å². The molecular weight excluding hydrogens is 236 g/mol. The van der Waals surface area contributed by atoms with Gasteiger partial charge in [0, 0.05) is 13.2 Å². The van der Waals surface area contributed by atoms with Crippen molar-refractivity contribution in [1.29, 1.82) is 0 Å². The lowest BCUT2D eigenvalue weighted by Gasteiger charge is -2.22. The Kier molecular flexibility index (Phi) is 6.67. The molecule has 0 radical (unpaired) electrons. The average Bonchev–Trinajstić information content (AvgIpc) is 2.39. The summed E-state index contributed by atoms with van der Waals surface area (Å²) in [5, 5.41) is 2.62. The third kappa shape index (κ3) is 5.01. The number of ether oxygens (including phenoxy) is 2. The van der Waals surface area contributed by atoms with E-state index in [1.165, 1.54) is 6.42 Å². The number of hydrogen-bond donors (Lipinski definition) is 2. The first-order chi connectivity index (χ1) is 8.65. The van der Waals surface area contributed by atoms with Crippen LogP contribution in [0, 0.1) is 0 Å². The van der Waals surface area contributed by atoms with E-state index in [9.17, 15) is 9.59 Å². The summed E-state index contributed by atoms with van der Waals surface area (Å²) < 4.78 is 10.2. The van der Waals surface area contributed by atoms with Crippen molar-refractivity contribution < 1.29 is 19.1 Å². The van der Waals surface area contributed by atoms with E-state index in [1.54, 1.807) is 6.92 Å². The lowest BCUT2D eigenvalue weighted by molar-refractivity contribution is -0.148. The van der Waals surface area contributed by atoms with Crippen molar-refractivity contribution in [3.63, 3.8) is 0 Å². The highest BCUT2D eigenvalue weighted by Gasteiger charge is 2.23. The highest BCUT2D eigenvalue weighted by Crippen LogP contribution is 2.14. The summed E-state index contributed by atoms with van der Waals surface area (Å²) in [5.41, 5.74) is 5.45. The molecule has 1 aliphatic rings. The number of hydrogen-bond acceptors (Lipinski definition) is 5. The molecule has 0 bridgehead atoms. The van der Waals surface area contributed by atoms with Crippen LogP contribution >= 0.6 is 0 Å². The van der Waals surface area contributed by atoms with Crippen LogP contribution in [0.1, 0.15) is 32.6 Å². The van der Waals surface area contributed by atoms with Crippen molar-refractivity contribution in [2.45, 2.75) is 44.8 Å². The van der Waals surface area contributed by atoms with E-state index in [0.29, 0.717) is 6.54 Å². The summed E-state index contributed by atoms with van der Waals surface area (Å²) in [5.74, 6) is -1.19. The smallest absolute Gasteiger partial charge is 0.332 e. The quantitative estimate of drug-likeness (QED) is 0.515. The van der Waals surface area contributed by atoms with Crippen molar-refractivity contribution in [3.05, 3.63) is 0 Å². The van der Waals surface area contributed by atoms with Crippen molar-refractivity contribution in [1.82, 2.24) is 5.32 Å². The number of nitrogens with one attached hydrogen (secondary N) is 1. The number of esters is 1. The molecular formula is C12H22N2O4. The Balaban J connectivity index is 2.17. The Morgan fingerprint density at radius 1 is 1.50 bits per heavy atom.